The first-order valence-electron chi connectivity index (χ1n) is 11.7. The molecule has 0 aromatic heterocycles. The zero-order chi connectivity index (χ0) is 26.9. The molecule has 0 bridgehead atoms. The molecular formula is C26H38N2O5S3. The highest BCUT2D eigenvalue weighted by Crippen LogP contribution is 2.24. The second-order valence-corrected chi connectivity index (χ2v) is 11.8. The van der Waals surface area contributed by atoms with Crippen molar-refractivity contribution in [1.29, 1.82) is 0 Å². The predicted octanol–water partition coefficient (Wildman–Crippen LogP) is 5.03. The number of allylic oxidation sites excluding steroid dienone is 2. The van der Waals surface area contributed by atoms with Gasteiger partial charge in [-0.05, 0) is 42.2 Å². The van der Waals surface area contributed by atoms with Crippen LogP contribution >= 0.6 is 33.3 Å². The Balaban J connectivity index is 2.97. The van der Waals surface area contributed by atoms with E-state index in [1.165, 1.54) is 17.9 Å². The Morgan fingerprint density at radius 1 is 1.11 bits per heavy atom. The summed E-state index contributed by atoms with van der Waals surface area (Å²) in [6.45, 7) is 4.17. The lowest BCUT2D eigenvalue weighted by molar-refractivity contribution is -0.142. The van der Waals surface area contributed by atoms with Gasteiger partial charge in [0.1, 0.15) is 6.04 Å². The summed E-state index contributed by atoms with van der Waals surface area (Å²) in [5.74, 6) is -0.353. The van der Waals surface area contributed by atoms with Gasteiger partial charge in [0.2, 0.25) is 5.91 Å². The maximum atomic E-state index is 13.2. The SMILES string of the molecule is COC(=O)SSC[C@H](N)/C=C/[C@H](/C=C\[C@H](Cc1ccccc1)C(=O)N[C@@H](CCSC)C(=O)O)C(C)C. The monoisotopic (exact) mass is 554 g/mol. The number of carbonyl (C=O) groups is 3. The fraction of sp³-hybridized carbons (Fsp3) is 0.500. The smallest absolute Gasteiger partial charge is 0.377 e. The maximum absolute atomic E-state index is 13.2. The molecule has 10 heteroatoms. The maximum Gasteiger partial charge on any atom is 0.377 e. The standard InChI is InChI=1S/C26H38N2O5S3/c1-18(2)20(12-13-22(27)17-35-36-26(32)33-3)10-11-21(16-19-8-6-5-7-9-19)24(29)28-23(25(30)31)14-15-34-4/h5-13,18,20-23H,14-17,27H2,1-4H3,(H,28,29)(H,30,31)/b11-10-,13-12+/t20-,21+,22+,23-/m0/s1. The predicted molar refractivity (Wildman–Crippen MR) is 153 cm³/mol. The van der Waals surface area contributed by atoms with Gasteiger partial charge in [0.15, 0.2) is 0 Å². The summed E-state index contributed by atoms with van der Waals surface area (Å²) in [5.41, 5.74) is 7.16. The second-order valence-electron chi connectivity index (χ2n) is 8.55. The van der Waals surface area contributed by atoms with E-state index in [1.54, 1.807) is 11.8 Å². The average Bonchev–Trinajstić information content (AvgIpc) is 2.85. The van der Waals surface area contributed by atoms with Crippen LogP contribution < -0.4 is 11.1 Å². The molecule has 4 atom stereocenters. The van der Waals surface area contributed by atoms with Gasteiger partial charge in [-0.2, -0.15) is 11.8 Å². The van der Waals surface area contributed by atoms with Crippen LogP contribution in [0.25, 0.3) is 0 Å². The molecule has 0 aliphatic heterocycles. The number of thioether (sulfide) groups is 1. The van der Waals surface area contributed by atoms with Gasteiger partial charge in [0, 0.05) is 22.6 Å². The van der Waals surface area contributed by atoms with E-state index in [-0.39, 0.29) is 29.1 Å². The lowest BCUT2D eigenvalue weighted by Crippen LogP contribution is -2.44. The minimum absolute atomic E-state index is 0.0344. The molecule has 1 aromatic carbocycles. The van der Waals surface area contributed by atoms with Crippen molar-refractivity contribution >= 4 is 50.5 Å². The van der Waals surface area contributed by atoms with Crippen LogP contribution in [-0.2, 0) is 20.7 Å². The van der Waals surface area contributed by atoms with Crippen LogP contribution in [0.15, 0.2) is 54.6 Å². The molecule has 0 aliphatic rings. The Morgan fingerprint density at radius 2 is 1.78 bits per heavy atom. The van der Waals surface area contributed by atoms with Crippen molar-refractivity contribution in [3.8, 4) is 0 Å². The van der Waals surface area contributed by atoms with Crippen molar-refractivity contribution in [3.05, 3.63) is 60.2 Å². The molecule has 4 N–H and O–H groups in total. The summed E-state index contributed by atoms with van der Waals surface area (Å²) in [7, 11) is 3.69. The van der Waals surface area contributed by atoms with Gasteiger partial charge in [-0.15, -0.1) is 0 Å². The molecule has 0 fully saturated rings. The van der Waals surface area contributed by atoms with Crippen LogP contribution in [0, 0.1) is 17.8 Å². The van der Waals surface area contributed by atoms with E-state index in [4.69, 9.17) is 5.73 Å². The van der Waals surface area contributed by atoms with E-state index < -0.39 is 17.9 Å². The number of hydrogen-bond donors (Lipinski definition) is 3. The van der Waals surface area contributed by atoms with Gasteiger partial charge >= 0.3 is 11.3 Å². The fourth-order valence-electron chi connectivity index (χ4n) is 3.18. The Kier molecular flexibility index (Phi) is 16.4. The topological polar surface area (TPSA) is 119 Å². The van der Waals surface area contributed by atoms with Crippen molar-refractivity contribution in [2.45, 2.75) is 38.8 Å². The second kappa shape index (κ2) is 18.4. The molecule has 200 valence electrons. The molecule has 0 saturated carbocycles. The fourth-order valence-corrected chi connectivity index (χ4v) is 5.32. The largest absolute Gasteiger partial charge is 0.480 e. The van der Waals surface area contributed by atoms with Crippen LogP contribution in [0.1, 0.15) is 25.8 Å². The number of aliphatic carboxylic acids is 1. The molecule has 1 amide bonds. The Morgan fingerprint density at radius 3 is 2.36 bits per heavy atom. The summed E-state index contributed by atoms with van der Waals surface area (Å²) in [4.78, 5) is 36.0. The highest BCUT2D eigenvalue weighted by molar-refractivity contribution is 8.82. The van der Waals surface area contributed by atoms with E-state index in [2.05, 4.69) is 23.9 Å². The number of amides is 1. The quantitative estimate of drug-likeness (QED) is 0.147. The highest BCUT2D eigenvalue weighted by Gasteiger charge is 2.24. The highest BCUT2D eigenvalue weighted by atomic mass is 33.1. The summed E-state index contributed by atoms with van der Waals surface area (Å²) >= 11 is 1.55. The molecule has 0 aliphatic carbocycles. The van der Waals surface area contributed by atoms with Crippen molar-refractivity contribution in [3.63, 3.8) is 0 Å². The van der Waals surface area contributed by atoms with Crippen molar-refractivity contribution < 1.29 is 24.2 Å². The first-order chi connectivity index (χ1) is 17.2. The molecule has 0 spiro atoms. The van der Waals surface area contributed by atoms with E-state index in [0.29, 0.717) is 24.3 Å². The van der Waals surface area contributed by atoms with Gasteiger partial charge < -0.3 is 20.9 Å². The number of nitrogens with two attached hydrogens (primary N) is 1. The number of carbonyl (C=O) groups excluding carboxylic acids is 2. The Hall–Kier alpha value is -1.88. The Labute approximate surface area is 226 Å². The van der Waals surface area contributed by atoms with Crippen LogP contribution in [0.3, 0.4) is 0 Å². The minimum Gasteiger partial charge on any atom is -0.480 e. The number of benzene rings is 1. The van der Waals surface area contributed by atoms with Gasteiger partial charge in [0.25, 0.3) is 0 Å². The molecule has 36 heavy (non-hydrogen) atoms. The molecule has 1 rings (SSSR count). The molecule has 0 unspecified atom stereocenters. The Bertz CT molecular complexity index is 864. The number of nitrogens with one attached hydrogen (secondary N) is 1. The molecular weight excluding hydrogens is 516 g/mol. The van der Waals surface area contributed by atoms with Crippen LogP contribution in [0.5, 0.6) is 0 Å². The van der Waals surface area contributed by atoms with Gasteiger partial charge in [-0.1, -0.05) is 79.3 Å². The summed E-state index contributed by atoms with van der Waals surface area (Å²) in [6.07, 6.45) is 10.5. The third-order valence-electron chi connectivity index (χ3n) is 5.33. The van der Waals surface area contributed by atoms with E-state index in [9.17, 15) is 19.5 Å². The van der Waals surface area contributed by atoms with Crippen LogP contribution in [-0.4, -0.2) is 59.2 Å². The zero-order valence-electron chi connectivity index (χ0n) is 21.3. The summed E-state index contributed by atoms with van der Waals surface area (Å²) in [6, 6.07) is 8.52. The number of carboxylic acid groups (broad SMARTS) is 1. The van der Waals surface area contributed by atoms with Crippen LogP contribution in [0.2, 0.25) is 0 Å². The van der Waals surface area contributed by atoms with Gasteiger partial charge in [-0.25, -0.2) is 9.59 Å². The number of carboxylic acids is 1. The molecule has 0 heterocycles. The van der Waals surface area contributed by atoms with Gasteiger partial charge in [-0.3, -0.25) is 4.79 Å². The normalized spacial score (nSPS) is 15.1. The molecule has 0 saturated heterocycles. The first kappa shape index (κ1) is 32.1. The molecule has 1 aromatic rings. The number of ether oxygens (including phenoxy) is 1. The third kappa shape index (κ3) is 13.4. The minimum atomic E-state index is -1.03. The summed E-state index contributed by atoms with van der Waals surface area (Å²) < 4.78 is 4.60. The van der Waals surface area contributed by atoms with Gasteiger partial charge in [0.05, 0.1) is 13.0 Å². The van der Waals surface area contributed by atoms with Crippen molar-refractivity contribution in [1.82, 2.24) is 5.32 Å². The number of methoxy groups -OCH3 is 1. The first-order valence-corrected chi connectivity index (χ1v) is 15.4. The zero-order valence-corrected chi connectivity index (χ0v) is 23.7. The number of rotatable bonds is 16. The van der Waals surface area contributed by atoms with E-state index >= 15 is 0 Å². The molecule has 7 nitrogen and oxygen atoms in total. The van der Waals surface area contributed by atoms with Crippen molar-refractivity contribution in [2.75, 3.05) is 24.9 Å². The van der Waals surface area contributed by atoms with Crippen molar-refractivity contribution in [2.24, 2.45) is 23.5 Å². The summed E-state index contributed by atoms with van der Waals surface area (Å²) in [5, 5.41) is 11.9. The third-order valence-corrected chi connectivity index (χ3v) is 8.09. The molecule has 0 radical (unpaired) electrons. The van der Waals surface area contributed by atoms with E-state index in [1.807, 2.05) is 60.9 Å². The lowest BCUT2D eigenvalue weighted by atomic mass is 9.91. The number of hydrogen-bond acceptors (Lipinski definition) is 8. The van der Waals surface area contributed by atoms with E-state index in [0.717, 1.165) is 16.4 Å². The average molecular weight is 555 g/mol. The van der Waals surface area contributed by atoms with Crippen LogP contribution in [0.4, 0.5) is 4.79 Å². The lowest BCUT2D eigenvalue weighted by Gasteiger charge is -2.20.